The number of aromatic nitrogens is 2. The molecule has 14 heteroatoms. The molecule has 0 radical (unpaired) electrons. The first-order valence-electron chi connectivity index (χ1n) is 16.0. The van der Waals surface area contributed by atoms with Crippen molar-refractivity contribution >= 4 is 29.3 Å². The summed E-state index contributed by atoms with van der Waals surface area (Å²) in [6.07, 6.45) is -1.12. The fourth-order valence-electron chi connectivity index (χ4n) is 7.01. The number of carbonyl (C=O) groups is 3. The van der Waals surface area contributed by atoms with E-state index in [0.29, 0.717) is 31.3 Å². The predicted octanol–water partition coefficient (Wildman–Crippen LogP) is 6.04. The van der Waals surface area contributed by atoms with Crippen molar-refractivity contribution in [1.29, 1.82) is 0 Å². The molecule has 1 saturated heterocycles. The number of amides is 2. The van der Waals surface area contributed by atoms with Crippen molar-refractivity contribution in [2.75, 3.05) is 13.7 Å². The van der Waals surface area contributed by atoms with Crippen molar-refractivity contribution in [2.45, 2.75) is 109 Å². The molecule has 1 N–H and O–H groups in total. The number of nitrogens with one attached hydrogen (secondary N) is 1. The van der Waals surface area contributed by atoms with Crippen LogP contribution in [-0.2, 0) is 20.2 Å². The first-order valence-corrected chi connectivity index (χ1v) is 16.0. The number of halogens is 4. The molecule has 10 nitrogen and oxygen atoms in total. The quantitative estimate of drug-likeness (QED) is 0.304. The molecule has 1 aliphatic carbocycles. The smallest absolute Gasteiger partial charge is 0.408 e. The Kier molecular flexibility index (Phi) is 9.12. The lowest BCUT2D eigenvalue weighted by molar-refractivity contribution is -0.223. The van der Waals surface area contributed by atoms with Crippen LogP contribution in [0.25, 0.3) is 11.0 Å². The molecule has 47 heavy (non-hydrogen) atoms. The molecule has 2 fully saturated rings. The van der Waals surface area contributed by atoms with Crippen LogP contribution >= 0.6 is 0 Å². The summed E-state index contributed by atoms with van der Waals surface area (Å²) < 4.78 is 80.3. The SMILES string of the molecule is COc1ccc2nc3c(nc2c1)O[C@H]1CN(C(=O)[C@H](C(C)(C)C)NC(=O)O[C@]2(C)CCC[C@H]2CCCC(F)(F)C3(F)F)[C@H](C=O)[C@@H]1C. The molecule has 1 saturated carbocycles. The van der Waals surface area contributed by atoms with Gasteiger partial charge in [0, 0.05) is 18.4 Å². The van der Waals surface area contributed by atoms with Crippen molar-refractivity contribution in [2.24, 2.45) is 17.3 Å². The van der Waals surface area contributed by atoms with Crippen LogP contribution in [0, 0.1) is 17.3 Å². The summed E-state index contributed by atoms with van der Waals surface area (Å²) >= 11 is 0. The number of fused-ring (bicyclic) bond motifs is 5. The van der Waals surface area contributed by atoms with Gasteiger partial charge in [-0.3, -0.25) is 4.79 Å². The number of rotatable bonds is 2. The molecular formula is C33H42F4N4O6. The Bertz CT molecular complexity index is 1530. The van der Waals surface area contributed by atoms with Gasteiger partial charge in [-0.2, -0.15) is 17.6 Å². The molecule has 1 aromatic carbocycles. The van der Waals surface area contributed by atoms with Gasteiger partial charge in [0.1, 0.15) is 29.8 Å². The predicted molar refractivity (Wildman–Crippen MR) is 163 cm³/mol. The zero-order valence-corrected chi connectivity index (χ0v) is 27.4. The molecule has 2 bridgehead atoms. The molecular weight excluding hydrogens is 624 g/mol. The fourth-order valence-corrected chi connectivity index (χ4v) is 7.01. The van der Waals surface area contributed by atoms with Gasteiger partial charge in [-0.1, -0.05) is 27.7 Å². The Morgan fingerprint density at radius 1 is 1.06 bits per heavy atom. The number of ether oxygens (including phenoxy) is 3. The van der Waals surface area contributed by atoms with Crippen LogP contribution < -0.4 is 14.8 Å². The normalized spacial score (nSPS) is 31.4. The number of nitrogens with zero attached hydrogens (tertiary/aromatic N) is 3. The van der Waals surface area contributed by atoms with Crippen LogP contribution in [0.1, 0.15) is 78.8 Å². The third-order valence-electron chi connectivity index (χ3n) is 9.98. The topological polar surface area (TPSA) is 120 Å². The fraction of sp³-hybridized carbons (Fsp3) is 0.667. The highest BCUT2D eigenvalue weighted by atomic mass is 19.3. The molecule has 2 aliphatic heterocycles. The highest BCUT2D eigenvalue weighted by Crippen LogP contribution is 2.50. The summed E-state index contributed by atoms with van der Waals surface area (Å²) in [6, 6.07) is 1.99. The van der Waals surface area contributed by atoms with E-state index in [-0.39, 0.29) is 36.3 Å². The molecule has 258 valence electrons. The van der Waals surface area contributed by atoms with Gasteiger partial charge in [0.05, 0.1) is 30.7 Å². The Labute approximate surface area is 270 Å². The van der Waals surface area contributed by atoms with E-state index in [1.54, 1.807) is 34.6 Å². The lowest BCUT2D eigenvalue weighted by Crippen LogP contribution is -2.57. The number of alkyl halides is 4. The maximum Gasteiger partial charge on any atom is 0.408 e. The van der Waals surface area contributed by atoms with Crippen molar-refractivity contribution in [3.05, 3.63) is 23.9 Å². The highest BCUT2D eigenvalue weighted by molar-refractivity contribution is 5.89. The standard InChI is InChI=1S/C33H42F4N4O6/c1-18-23(17-42)41-16-24(18)46-27-25(38-21-12-11-20(45-6)15-22(21)39-27)33(36,37)32(34,35)14-8-10-19-9-7-13-31(19,5)47-29(44)40-26(28(41)43)30(2,3)4/h11-12,15,17-19,23-24,26H,7-10,13-14,16H2,1-6H3,(H,40,44)/t18-,19-,23+,24-,26+,31+/m0/s1. The van der Waals surface area contributed by atoms with Crippen LogP contribution in [0.3, 0.4) is 0 Å². The van der Waals surface area contributed by atoms with Crippen LogP contribution in [0.2, 0.25) is 0 Å². The van der Waals surface area contributed by atoms with E-state index < -0.39 is 77.0 Å². The lowest BCUT2D eigenvalue weighted by Gasteiger charge is -2.37. The molecule has 0 unspecified atom stereocenters. The zero-order chi connectivity index (χ0) is 34.5. The molecule has 2 aromatic rings. The minimum Gasteiger partial charge on any atom is -0.497 e. The van der Waals surface area contributed by atoms with Crippen LogP contribution in [0.4, 0.5) is 22.4 Å². The Morgan fingerprint density at radius 2 is 1.74 bits per heavy atom. The van der Waals surface area contributed by atoms with E-state index in [1.165, 1.54) is 30.2 Å². The van der Waals surface area contributed by atoms with Gasteiger partial charge >= 0.3 is 17.9 Å². The van der Waals surface area contributed by atoms with Gasteiger partial charge in [-0.25, -0.2) is 14.8 Å². The molecule has 5 rings (SSSR count). The largest absolute Gasteiger partial charge is 0.497 e. The first-order chi connectivity index (χ1) is 21.9. The van der Waals surface area contributed by atoms with Gasteiger partial charge in [0.15, 0.2) is 5.69 Å². The van der Waals surface area contributed by atoms with E-state index in [9.17, 15) is 14.4 Å². The average Bonchev–Trinajstić information content (AvgIpc) is 3.51. The number of alkyl carbamates (subject to hydrolysis) is 1. The second-order valence-electron chi connectivity index (χ2n) is 14.3. The number of methoxy groups -OCH3 is 1. The third kappa shape index (κ3) is 6.43. The maximum absolute atomic E-state index is 16.0. The van der Waals surface area contributed by atoms with E-state index in [0.717, 1.165) is 0 Å². The van der Waals surface area contributed by atoms with Crippen molar-refractivity contribution in [3.8, 4) is 11.6 Å². The van der Waals surface area contributed by atoms with Gasteiger partial charge in [0.25, 0.3) is 0 Å². The van der Waals surface area contributed by atoms with E-state index in [4.69, 9.17) is 14.2 Å². The second kappa shape index (κ2) is 12.4. The van der Waals surface area contributed by atoms with Crippen LogP contribution in [0.5, 0.6) is 11.6 Å². The second-order valence-corrected chi connectivity index (χ2v) is 14.3. The van der Waals surface area contributed by atoms with Gasteiger partial charge in [0.2, 0.25) is 11.8 Å². The zero-order valence-electron chi connectivity index (χ0n) is 27.4. The summed E-state index contributed by atoms with van der Waals surface area (Å²) in [6.45, 7) is 8.25. The monoisotopic (exact) mass is 666 g/mol. The van der Waals surface area contributed by atoms with Crippen LogP contribution in [-0.4, -0.2) is 76.5 Å². The van der Waals surface area contributed by atoms with E-state index in [1.807, 2.05) is 0 Å². The lowest BCUT2D eigenvalue weighted by atomic mass is 9.85. The molecule has 2 amide bonds. The minimum absolute atomic E-state index is 0.0610. The molecule has 3 heterocycles. The summed E-state index contributed by atoms with van der Waals surface area (Å²) in [7, 11) is 1.40. The van der Waals surface area contributed by atoms with E-state index >= 15 is 17.6 Å². The molecule has 3 aliphatic rings. The van der Waals surface area contributed by atoms with Gasteiger partial charge in [-0.15, -0.1) is 0 Å². The van der Waals surface area contributed by atoms with Crippen LogP contribution in [0.15, 0.2) is 18.2 Å². The number of benzene rings is 1. The van der Waals surface area contributed by atoms with Gasteiger partial charge in [-0.05, 0) is 62.5 Å². The average molecular weight is 667 g/mol. The van der Waals surface area contributed by atoms with Crippen molar-refractivity contribution < 1.29 is 46.2 Å². The summed E-state index contributed by atoms with van der Waals surface area (Å²) in [5.74, 6) is -11.6. The number of carbonyl (C=O) groups excluding carboxylic acids is 3. The number of aldehydes is 1. The Hall–Kier alpha value is -3.71. The summed E-state index contributed by atoms with van der Waals surface area (Å²) in [5, 5.41) is 2.70. The number of hydrogen-bond acceptors (Lipinski definition) is 8. The highest BCUT2D eigenvalue weighted by Gasteiger charge is 2.60. The van der Waals surface area contributed by atoms with Crippen molar-refractivity contribution in [1.82, 2.24) is 20.2 Å². The molecule has 0 spiro atoms. The third-order valence-corrected chi connectivity index (χ3v) is 9.98. The van der Waals surface area contributed by atoms with Crippen molar-refractivity contribution in [3.63, 3.8) is 0 Å². The molecule has 1 aromatic heterocycles. The Balaban J connectivity index is 1.63. The maximum atomic E-state index is 16.0. The van der Waals surface area contributed by atoms with Gasteiger partial charge < -0.3 is 29.2 Å². The number of hydrogen-bond donors (Lipinski definition) is 1. The Morgan fingerprint density at radius 3 is 2.38 bits per heavy atom. The van der Waals surface area contributed by atoms with E-state index in [2.05, 4.69) is 15.3 Å². The minimum atomic E-state index is -4.80. The molecule has 6 atom stereocenters. The first kappa shape index (κ1) is 34.6. The summed E-state index contributed by atoms with van der Waals surface area (Å²) in [4.78, 5) is 49.1. The summed E-state index contributed by atoms with van der Waals surface area (Å²) in [5.41, 5.74) is -3.23.